The Morgan fingerprint density at radius 3 is 2.78 bits per heavy atom. The van der Waals surface area contributed by atoms with Crippen molar-refractivity contribution in [1.29, 1.82) is 0 Å². The second kappa shape index (κ2) is 7.44. The summed E-state index contributed by atoms with van der Waals surface area (Å²) >= 11 is 1.35. The quantitative estimate of drug-likeness (QED) is 0.633. The number of hydrogen-bond acceptors (Lipinski definition) is 5. The van der Waals surface area contributed by atoms with Gasteiger partial charge in [0.2, 0.25) is 5.91 Å². The zero-order valence-corrected chi connectivity index (χ0v) is 15.7. The predicted octanol–water partition coefficient (Wildman–Crippen LogP) is 3.46. The van der Waals surface area contributed by atoms with Crippen LogP contribution >= 0.6 is 11.8 Å². The lowest BCUT2D eigenvalue weighted by Gasteiger charge is -2.11. The van der Waals surface area contributed by atoms with Crippen molar-refractivity contribution in [3.05, 3.63) is 59.7 Å². The van der Waals surface area contributed by atoms with Crippen LogP contribution < -0.4 is 0 Å². The highest BCUT2D eigenvalue weighted by Gasteiger charge is 2.28. The molecule has 0 atom stereocenters. The Balaban J connectivity index is 1.61. The first-order valence-electron chi connectivity index (χ1n) is 8.72. The first kappa shape index (κ1) is 17.6. The zero-order chi connectivity index (χ0) is 18.8. The molecule has 1 fully saturated rings. The second-order valence-corrected chi connectivity index (χ2v) is 7.35. The molecule has 0 radical (unpaired) electrons. The highest BCUT2D eigenvalue weighted by Crippen LogP contribution is 2.26. The van der Waals surface area contributed by atoms with Crippen LogP contribution in [-0.4, -0.2) is 45.4 Å². The van der Waals surface area contributed by atoms with Gasteiger partial charge in [0, 0.05) is 0 Å². The molecular weight excluding hydrogens is 362 g/mol. The number of aryl methyl sites for hydroxylation is 1. The van der Waals surface area contributed by atoms with E-state index >= 15 is 0 Å². The Morgan fingerprint density at radius 2 is 2.04 bits per heavy atom. The molecule has 2 heterocycles. The van der Waals surface area contributed by atoms with Crippen molar-refractivity contribution in [3.63, 3.8) is 0 Å². The molecule has 0 spiro atoms. The van der Waals surface area contributed by atoms with E-state index in [1.807, 2.05) is 31.2 Å². The summed E-state index contributed by atoms with van der Waals surface area (Å²) in [6, 6.07) is 16.3. The Hall–Kier alpha value is -2.80. The van der Waals surface area contributed by atoms with Gasteiger partial charge in [-0.05, 0) is 30.2 Å². The van der Waals surface area contributed by atoms with Crippen LogP contribution in [0, 0.1) is 6.92 Å². The number of ether oxygens (including phenoxy) is 1. The van der Waals surface area contributed by atoms with Gasteiger partial charge in [-0.2, -0.15) is 0 Å². The van der Waals surface area contributed by atoms with E-state index in [4.69, 9.17) is 9.72 Å². The summed E-state index contributed by atoms with van der Waals surface area (Å²) in [5, 5.41) is 0.764. The summed E-state index contributed by atoms with van der Waals surface area (Å²) in [5.74, 6) is -0.108. The standard InChI is InChI=1S/C20H19N3O3S/c1-14-7-8-17-16(11-14)21-19(23(17)12-15-5-3-2-4-6-15)27-13-18(24)22-9-10-26-20(22)25/h2-8,11H,9-10,12-13H2,1H3. The number of thioether (sulfide) groups is 1. The van der Waals surface area contributed by atoms with Gasteiger partial charge in [-0.25, -0.2) is 14.7 Å². The van der Waals surface area contributed by atoms with Crippen molar-refractivity contribution >= 4 is 34.8 Å². The molecule has 4 rings (SSSR count). The molecule has 0 bridgehead atoms. The number of cyclic esters (lactones) is 1. The van der Waals surface area contributed by atoms with Gasteiger partial charge in [0.05, 0.1) is 29.9 Å². The molecule has 7 heteroatoms. The molecule has 1 aliphatic rings. The van der Waals surface area contributed by atoms with Crippen LogP contribution in [0.5, 0.6) is 0 Å². The molecule has 0 aliphatic carbocycles. The Bertz CT molecular complexity index is 1000. The van der Waals surface area contributed by atoms with Gasteiger partial charge < -0.3 is 9.30 Å². The fourth-order valence-corrected chi connectivity index (χ4v) is 3.96. The Kier molecular flexibility index (Phi) is 4.85. The molecule has 1 aliphatic heterocycles. The first-order chi connectivity index (χ1) is 13.1. The SMILES string of the molecule is Cc1ccc2c(c1)nc(SCC(=O)N1CCOC1=O)n2Cc1ccccc1. The monoisotopic (exact) mass is 381 g/mol. The summed E-state index contributed by atoms with van der Waals surface area (Å²) in [4.78, 5) is 29.8. The fourth-order valence-electron chi connectivity index (χ4n) is 3.07. The molecule has 3 aromatic rings. The molecule has 2 aromatic carbocycles. The molecule has 1 saturated heterocycles. The third kappa shape index (κ3) is 3.68. The molecular formula is C20H19N3O3S. The number of carbonyl (C=O) groups is 2. The van der Waals surface area contributed by atoms with Crippen LogP contribution in [0.3, 0.4) is 0 Å². The van der Waals surface area contributed by atoms with Crippen molar-refractivity contribution in [2.45, 2.75) is 18.6 Å². The molecule has 0 N–H and O–H groups in total. The maximum absolute atomic E-state index is 12.3. The van der Waals surface area contributed by atoms with Crippen LogP contribution in [0.1, 0.15) is 11.1 Å². The number of benzene rings is 2. The summed E-state index contributed by atoms with van der Waals surface area (Å²) in [7, 11) is 0. The van der Waals surface area contributed by atoms with Crippen LogP contribution in [0.4, 0.5) is 4.79 Å². The average Bonchev–Trinajstić information content (AvgIpc) is 3.24. The maximum Gasteiger partial charge on any atom is 0.416 e. The lowest BCUT2D eigenvalue weighted by molar-refractivity contribution is -0.125. The average molecular weight is 381 g/mol. The number of amides is 2. The lowest BCUT2D eigenvalue weighted by Crippen LogP contribution is -2.33. The van der Waals surface area contributed by atoms with Crippen LogP contribution in [0.25, 0.3) is 11.0 Å². The molecule has 27 heavy (non-hydrogen) atoms. The van der Waals surface area contributed by atoms with E-state index in [-0.39, 0.29) is 18.3 Å². The zero-order valence-electron chi connectivity index (χ0n) is 14.9. The van der Waals surface area contributed by atoms with Gasteiger partial charge in [0.25, 0.3) is 0 Å². The van der Waals surface area contributed by atoms with Crippen molar-refractivity contribution in [2.75, 3.05) is 18.9 Å². The van der Waals surface area contributed by atoms with E-state index in [0.29, 0.717) is 13.1 Å². The number of aromatic nitrogens is 2. The van der Waals surface area contributed by atoms with E-state index in [9.17, 15) is 9.59 Å². The molecule has 1 aromatic heterocycles. The van der Waals surface area contributed by atoms with Gasteiger partial charge in [-0.15, -0.1) is 0 Å². The first-order valence-corrected chi connectivity index (χ1v) is 9.71. The van der Waals surface area contributed by atoms with Crippen molar-refractivity contribution < 1.29 is 14.3 Å². The van der Waals surface area contributed by atoms with E-state index < -0.39 is 6.09 Å². The minimum Gasteiger partial charge on any atom is -0.447 e. The van der Waals surface area contributed by atoms with Crippen molar-refractivity contribution in [3.8, 4) is 0 Å². The fraction of sp³-hybridized carbons (Fsp3) is 0.250. The lowest BCUT2D eigenvalue weighted by atomic mass is 10.2. The highest BCUT2D eigenvalue weighted by molar-refractivity contribution is 7.99. The van der Waals surface area contributed by atoms with Crippen molar-refractivity contribution in [1.82, 2.24) is 14.5 Å². The minimum atomic E-state index is -0.561. The normalized spacial score (nSPS) is 14.0. The second-order valence-electron chi connectivity index (χ2n) is 6.41. The number of carbonyl (C=O) groups excluding carboxylic acids is 2. The molecule has 6 nitrogen and oxygen atoms in total. The Morgan fingerprint density at radius 1 is 1.22 bits per heavy atom. The number of fused-ring (bicyclic) bond motifs is 1. The number of imide groups is 1. The number of imidazole rings is 1. The van der Waals surface area contributed by atoms with E-state index in [1.54, 1.807) is 0 Å². The summed E-state index contributed by atoms with van der Waals surface area (Å²) in [5.41, 5.74) is 4.23. The van der Waals surface area contributed by atoms with E-state index in [2.05, 4.69) is 28.8 Å². The topological polar surface area (TPSA) is 64.4 Å². The molecule has 2 amide bonds. The minimum absolute atomic E-state index is 0.145. The molecule has 138 valence electrons. The number of hydrogen-bond donors (Lipinski definition) is 0. The predicted molar refractivity (Wildman–Crippen MR) is 104 cm³/mol. The van der Waals surface area contributed by atoms with Gasteiger partial charge in [-0.1, -0.05) is 48.2 Å². The number of rotatable bonds is 5. The van der Waals surface area contributed by atoms with E-state index in [0.717, 1.165) is 32.2 Å². The van der Waals surface area contributed by atoms with Gasteiger partial charge >= 0.3 is 6.09 Å². The van der Waals surface area contributed by atoms with Crippen LogP contribution in [0.2, 0.25) is 0 Å². The largest absolute Gasteiger partial charge is 0.447 e. The van der Waals surface area contributed by atoms with Gasteiger partial charge in [0.1, 0.15) is 6.61 Å². The third-order valence-corrected chi connectivity index (χ3v) is 5.40. The summed E-state index contributed by atoms with van der Waals surface area (Å²) < 4.78 is 6.95. The third-order valence-electron chi connectivity index (χ3n) is 4.44. The van der Waals surface area contributed by atoms with Gasteiger partial charge in [0.15, 0.2) is 5.16 Å². The maximum atomic E-state index is 12.3. The smallest absolute Gasteiger partial charge is 0.416 e. The van der Waals surface area contributed by atoms with Gasteiger partial charge in [-0.3, -0.25) is 4.79 Å². The molecule has 0 saturated carbocycles. The van der Waals surface area contributed by atoms with E-state index in [1.165, 1.54) is 11.8 Å². The summed E-state index contributed by atoms with van der Waals surface area (Å²) in [6.45, 7) is 3.28. The van der Waals surface area contributed by atoms with Crippen LogP contribution in [0.15, 0.2) is 53.7 Å². The summed E-state index contributed by atoms with van der Waals surface area (Å²) in [6.07, 6.45) is -0.561. The van der Waals surface area contributed by atoms with Crippen molar-refractivity contribution in [2.24, 2.45) is 0 Å². The van der Waals surface area contributed by atoms with Crippen LogP contribution in [-0.2, 0) is 16.1 Å². The number of nitrogens with zero attached hydrogens (tertiary/aromatic N) is 3. The Labute approximate surface area is 161 Å². The highest BCUT2D eigenvalue weighted by atomic mass is 32.2. The molecule has 0 unspecified atom stereocenters.